The first-order chi connectivity index (χ1) is 3.69. The highest BCUT2D eigenvalue weighted by Gasteiger charge is 2.38. The van der Waals surface area contributed by atoms with Crippen molar-refractivity contribution in [2.45, 2.75) is 37.8 Å². The Balaban J connectivity index is 2.42. The molecule has 8 heavy (non-hydrogen) atoms. The highest BCUT2D eigenvalue weighted by atomic mass is 14.9. The summed E-state index contributed by atoms with van der Waals surface area (Å²) in [7, 11) is 0. The van der Waals surface area contributed by atoms with Crippen LogP contribution in [-0.2, 0) is 0 Å². The van der Waals surface area contributed by atoms with Gasteiger partial charge in [0.05, 0.1) is 0 Å². The third kappa shape index (κ3) is 0.644. The Hall–Kier alpha value is -0.0800. The van der Waals surface area contributed by atoms with Gasteiger partial charge in [0.25, 0.3) is 0 Å². The Morgan fingerprint density at radius 1 is 1.75 bits per heavy atom. The third-order valence-electron chi connectivity index (χ3n) is 2.32. The van der Waals surface area contributed by atoms with E-state index in [1.165, 1.54) is 0 Å². The van der Waals surface area contributed by atoms with E-state index in [9.17, 15) is 0 Å². The van der Waals surface area contributed by atoms with Crippen molar-refractivity contribution in [3.8, 4) is 0 Å². The van der Waals surface area contributed by atoms with Crippen molar-refractivity contribution >= 4 is 0 Å². The van der Waals surface area contributed by atoms with Gasteiger partial charge in [-0.15, -0.1) is 0 Å². The van der Waals surface area contributed by atoms with E-state index in [0.29, 0.717) is 0 Å². The summed E-state index contributed by atoms with van der Waals surface area (Å²) in [6.07, 6.45) is 3.25. The second-order valence-electron chi connectivity index (χ2n) is 2.73. The summed E-state index contributed by atoms with van der Waals surface area (Å²) in [6, 6.07) is 0.271. The van der Waals surface area contributed by atoms with Gasteiger partial charge < -0.3 is 11.5 Å². The molecule has 1 saturated carbocycles. The zero-order chi connectivity index (χ0) is 6.20. The van der Waals surface area contributed by atoms with Crippen molar-refractivity contribution in [3.05, 3.63) is 0 Å². The van der Waals surface area contributed by atoms with Crippen molar-refractivity contribution in [3.63, 3.8) is 0 Å². The van der Waals surface area contributed by atoms with E-state index >= 15 is 0 Å². The van der Waals surface area contributed by atoms with E-state index in [1.807, 2.05) is 0 Å². The second-order valence-corrected chi connectivity index (χ2v) is 2.73. The molecule has 0 aromatic carbocycles. The van der Waals surface area contributed by atoms with Gasteiger partial charge in [0.1, 0.15) is 0 Å². The fourth-order valence-corrected chi connectivity index (χ4v) is 1.12. The minimum atomic E-state index is 0. The van der Waals surface area contributed by atoms with Crippen LogP contribution >= 0.6 is 0 Å². The first kappa shape index (κ1) is 6.05. The van der Waals surface area contributed by atoms with Crippen LogP contribution in [0.5, 0.6) is 0 Å². The van der Waals surface area contributed by atoms with Crippen molar-refractivity contribution in [1.82, 2.24) is 0 Å². The molecule has 4 N–H and O–H groups in total. The van der Waals surface area contributed by atoms with Crippen molar-refractivity contribution in [2.24, 2.45) is 11.5 Å². The average molecular weight is 114 g/mol. The quantitative estimate of drug-likeness (QED) is 0.512. The first-order valence-electron chi connectivity index (χ1n) is 3.23. The molecule has 0 radical (unpaired) electrons. The van der Waals surface area contributed by atoms with Crippen molar-refractivity contribution in [2.75, 3.05) is 0 Å². The van der Waals surface area contributed by atoms with Crippen LogP contribution in [0.1, 0.15) is 26.2 Å². The maximum atomic E-state index is 5.82. The largest absolute Gasteiger partial charge is 0.326 e. The minimum Gasteiger partial charge on any atom is -0.326 e. The van der Waals surface area contributed by atoms with Crippen molar-refractivity contribution in [1.29, 1.82) is 0 Å². The van der Waals surface area contributed by atoms with Crippen LogP contribution in [0.15, 0.2) is 0 Å². The highest BCUT2D eigenvalue weighted by molar-refractivity contribution is 5.02. The van der Waals surface area contributed by atoms with Gasteiger partial charge >= 0.3 is 0 Å². The van der Waals surface area contributed by atoms with Gasteiger partial charge in [-0.2, -0.15) is 0 Å². The van der Waals surface area contributed by atoms with E-state index in [0.717, 1.165) is 19.3 Å². The zero-order valence-electron chi connectivity index (χ0n) is 5.35. The predicted octanol–water partition coefficient (Wildman–Crippen LogP) is 0.215. The van der Waals surface area contributed by atoms with Crippen LogP contribution in [0, 0.1) is 0 Å². The first-order valence-corrected chi connectivity index (χ1v) is 3.23. The molecular weight excluding hydrogens is 100 g/mol. The normalized spacial score (nSPS) is 46.1. The lowest BCUT2D eigenvalue weighted by atomic mass is 9.71. The van der Waals surface area contributed by atoms with Gasteiger partial charge in [-0.25, -0.2) is 0 Å². The molecule has 1 aliphatic carbocycles. The Kier molecular flexibility index (Phi) is 1.29. The standard InChI is InChI=1S/C6H14N2/c1-2-6(8)4-3-5(6)7/h5H,2-4,7-8H2,1H3. The molecule has 2 unspecified atom stereocenters. The van der Waals surface area contributed by atoms with E-state index < -0.39 is 0 Å². The van der Waals surface area contributed by atoms with E-state index in [2.05, 4.69) is 6.92 Å². The summed E-state index contributed by atoms with van der Waals surface area (Å²) in [4.78, 5) is 0. The van der Waals surface area contributed by atoms with Crippen LogP contribution in [0.2, 0.25) is 0 Å². The number of hydrogen-bond donors (Lipinski definition) is 2. The molecule has 1 fully saturated rings. The minimum absolute atomic E-state index is 0. The molecule has 0 aromatic heterocycles. The summed E-state index contributed by atoms with van der Waals surface area (Å²) in [5.41, 5.74) is 11.5. The molecule has 0 heterocycles. The Labute approximate surface area is 50.2 Å². The van der Waals surface area contributed by atoms with Gasteiger partial charge in [0, 0.05) is 11.6 Å². The van der Waals surface area contributed by atoms with Crippen LogP contribution in [0.4, 0.5) is 0 Å². The molecule has 2 atom stereocenters. The van der Waals surface area contributed by atoms with Gasteiger partial charge in [-0.3, -0.25) is 0 Å². The maximum Gasteiger partial charge on any atom is 0.0305 e. The fourth-order valence-electron chi connectivity index (χ4n) is 1.12. The van der Waals surface area contributed by atoms with Crippen LogP contribution < -0.4 is 11.5 Å². The number of nitrogens with two attached hydrogens (primary N) is 2. The summed E-state index contributed by atoms with van der Waals surface area (Å²) in [5.74, 6) is 0. The van der Waals surface area contributed by atoms with Crippen LogP contribution in [0.25, 0.3) is 0 Å². The third-order valence-corrected chi connectivity index (χ3v) is 2.32. The van der Waals surface area contributed by atoms with E-state index in [-0.39, 0.29) is 11.6 Å². The molecule has 0 bridgehead atoms. The predicted molar refractivity (Wildman–Crippen MR) is 34.4 cm³/mol. The van der Waals surface area contributed by atoms with Crippen molar-refractivity contribution < 1.29 is 0 Å². The fraction of sp³-hybridized carbons (Fsp3) is 1.00. The Morgan fingerprint density at radius 3 is 2.38 bits per heavy atom. The van der Waals surface area contributed by atoms with Crippen LogP contribution in [-0.4, -0.2) is 11.6 Å². The molecule has 0 amide bonds. The molecule has 1 rings (SSSR count). The van der Waals surface area contributed by atoms with Gasteiger partial charge in [-0.05, 0) is 19.3 Å². The Bertz CT molecular complexity index is 88.5. The smallest absolute Gasteiger partial charge is 0.0305 e. The topological polar surface area (TPSA) is 52.0 Å². The highest BCUT2D eigenvalue weighted by Crippen LogP contribution is 2.30. The molecule has 0 aliphatic heterocycles. The van der Waals surface area contributed by atoms with Crippen LogP contribution in [0.3, 0.4) is 0 Å². The molecule has 48 valence electrons. The lowest BCUT2D eigenvalue weighted by Gasteiger charge is -2.44. The maximum absolute atomic E-state index is 5.82. The number of rotatable bonds is 1. The van der Waals surface area contributed by atoms with Gasteiger partial charge in [0.15, 0.2) is 0 Å². The van der Waals surface area contributed by atoms with E-state index in [1.54, 1.807) is 0 Å². The lowest BCUT2D eigenvalue weighted by molar-refractivity contribution is 0.193. The summed E-state index contributed by atoms with van der Waals surface area (Å²) < 4.78 is 0. The SMILES string of the molecule is CCC1(N)CCC1N. The molecule has 2 heteroatoms. The summed E-state index contributed by atoms with van der Waals surface area (Å²) in [5, 5.41) is 0. The summed E-state index contributed by atoms with van der Waals surface area (Å²) in [6.45, 7) is 2.10. The zero-order valence-corrected chi connectivity index (χ0v) is 5.35. The Morgan fingerprint density at radius 2 is 2.38 bits per heavy atom. The molecular formula is C6H14N2. The number of hydrogen-bond acceptors (Lipinski definition) is 2. The molecule has 1 aliphatic rings. The van der Waals surface area contributed by atoms with E-state index in [4.69, 9.17) is 11.5 Å². The van der Waals surface area contributed by atoms with Gasteiger partial charge in [-0.1, -0.05) is 6.92 Å². The summed E-state index contributed by atoms with van der Waals surface area (Å²) >= 11 is 0. The molecule has 0 aromatic rings. The molecule has 0 saturated heterocycles. The lowest BCUT2D eigenvalue weighted by Crippen LogP contribution is -2.62. The molecule has 2 nitrogen and oxygen atoms in total. The van der Waals surface area contributed by atoms with Gasteiger partial charge in [0.2, 0.25) is 0 Å². The second kappa shape index (κ2) is 1.71. The molecule has 0 spiro atoms. The average Bonchev–Trinajstić information content (AvgIpc) is 1.83. The monoisotopic (exact) mass is 114 g/mol.